The van der Waals surface area contributed by atoms with Crippen molar-refractivity contribution in [2.45, 2.75) is 25.6 Å². The third kappa shape index (κ3) is 2.85. The number of carboxylic acid groups (broad SMARTS) is 1. The Morgan fingerprint density at radius 1 is 1.56 bits per heavy atom. The SMILES string of the molecule is C[C@@H](O)C1=CC(C(=O)O)=CC(C(F)(F)F)C1. The van der Waals surface area contributed by atoms with Crippen LogP contribution in [0.2, 0.25) is 0 Å². The molecule has 0 saturated heterocycles. The fraction of sp³-hybridized carbons (Fsp3) is 0.500. The standard InChI is InChI=1S/C10H11F3O3/c1-5(14)6-2-7(9(15)16)4-8(3-6)10(11,12)13/h2,4-5,8,14H,3H2,1H3,(H,15,16)/t5-,8?/m1/s1. The molecule has 0 heterocycles. The van der Waals surface area contributed by atoms with Gasteiger partial charge in [0.15, 0.2) is 0 Å². The number of alkyl halides is 3. The van der Waals surface area contributed by atoms with Gasteiger partial charge in [0.25, 0.3) is 0 Å². The zero-order valence-corrected chi connectivity index (χ0v) is 8.45. The number of hydrogen-bond donors (Lipinski definition) is 2. The summed E-state index contributed by atoms with van der Waals surface area (Å²) in [5.74, 6) is -3.26. The minimum absolute atomic E-state index is 0.0854. The lowest BCUT2D eigenvalue weighted by molar-refractivity contribution is -0.161. The molecular formula is C10H11F3O3. The summed E-state index contributed by atoms with van der Waals surface area (Å²) in [6.45, 7) is 1.31. The Morgan fingerprint density at radius 2 is 2.12 bits per heavy atom. The third-order valence-corrected chi connectivity index (χ3v) is 2.38. The zero-order valence-electron chi connectivity index (χ0n) is 8.45. The van der Waals surface area contributed by atoms with Crippen LogP contribution in [0.25, 0.3) is 0 Å². The van der Waals surface area contributed by atoms with Crippen LogP contribution in [0.3, 0.4) is 0 Å². The molecule has 2 N–H and O–H groups in total. The molecular weight excluding hydrogens is 225 g/mol. The summed E-state index contributed by atoms with van der Waals surface area (Å²) < 4.78 is 37.4. The Balaban J connectivity index is 3.06. The van der Waals surface area contributed by atoms with Crippen molar-refractivity contribution in [2.24, 2.45) is 5.92 Å². The minimum atomic E-state index is -4.49. The lowest BCUT2D eigenvalue weighted by Gasteiger charge is -2.24. The summed E-state index contributed by atoms with van der Waals surface area (Å²) in [6.07, 6.45) is -4.19. The number of rotatable bonds is 2. The van der Waals surface area contributed by atoms with Crippen molar-refractivity contribution in [1.82, 2.24) is 0 Å². The Kier molecular flexibility index (Phi) is 3.42. The summed E-state index contributed by atoms with van der Waals surface area (Å²) in [5, 5.41) is 17.9. The highest BCUT2D eigenvalue weighted by Gasteiger charge is 2.40. The van der Waals surface area contributed by atoms with E-state index in [4.69, 9.17) is 5.11 Å². The van der Waals surface area contributed by atoms with Crippen LogP contribution >= 0.6 is 0 Å². The predicted molar refractivity (Wildman–Crippen MR) is 49.6 cm³/mol. The first-order chi connectivity index (χ1) is 7.21. The highest BCUT2D eigenvalue weighted by molar-refractivity contribution is 5.90. The van der Waals surface area contributed by atoms with Gasteiger partial charge in [-0.3, -0.25) is 0 Å². The van der Waals surface area contributed by atoms with Crippen molar-refractivity contribution in [3.63, 3.8) is 0 Å². The largest absolute Gasteiger partial charge is 0.478 e. The fourth-order valence-electron chi connectivity index (χ4n) is 1.47. The highest BCUT2D eigenvalue weighted by Crippen LogP contribution is 2.36. The average molecular weight is 236 g/mol. The van der Waals surface area contributed by atoms with E-state index in [9.17, 15) is 23.1 Å². The molecule has 1 aliphatic carbocycles. The van der Waals surface area contributed by atoms with Gasteiger partial charge in [-0.2, -0.15) is 13.2 Å². The molecule has 3 nitrogen and oxygen atoms in total. The molecule has 0 amide bonds. The fourth-order valence-corrected chi connectivity index (χ4v) is 1.47. The average Bonchev–Trinajstić information content (AvgIpc) is 2.15. The molecule has 0 aromatic heterocycles. The van der Waals surface area contributed by atoms with Crippen molar-refractivity contribution in [2.75, 3.05) is 0 Å². The predicted octanol–water partition coefficient (Wildman–Crippen LogP) is 1.89. The van der Waals surface area contributed by atoms with Crippen LogP contribution in [0, 0.1) is 5.92 Å². The number of allylic oxidation sites excluding steroid dienone is 1. The molecule has 0 aromatic carbocycles. The van der Waals surface area contributed by atoms with Gasteiger partial charge < -0.3 is 10.2 Å². The van der Waals surface area contributed by atoms with Gasteiger partial charge in [0.2, 0.25) is 0 Å². The quantitative estimate of drug-likeness (QED) is 0.769. The van der Waals surface area contributed by atoms with Crippen LogP contribution in [0.4, 0.5) is 13.2 Å². The number of aliphatic hydroxyl groups is 1. The first-order valence-electron chi connectivity index (χ1n) is 4.62. The lowest BCUT2D eigenvalue weighted by Crippen LogP contribution is -2.27. The summed E-state index contributed by atoms with van der Waals surface area (Å²) in [7, 11) is 0. The van der Waals surface area contributed by atoms with E-state index in [0.29, 0.717) is 6.08 Å². The van der Waals surface area contributed by atoms with Crippen molar-refractivity contribution >= 4 is 5.97 Å². The topological polar surface area (TPSA) is 57.5 Å². The Bertz CT molecular complexity index is 353. The van der Waals surface area contributed by atoms with Crippen molar-refractivity contribution in [1.29, 1.82) is 0 Å². The first-order valence-corrected chi connectivity index (χ1v) is 4.62. The second kappa shape index (κ2) is 4.29. The molecule has 0 bridgehead atoms. The normalized spacial score (nSPS) is 23.4. The Labute approximate surface area is 89.9 Å². The number of aliphatic hydroxyl groups excluding tert-OH is 1. The van der Waals surface area contributed by atoms with Crippen molar-refractivity contribution < 1.29 is 28.2 Å². The maximum atomic E-state index is 12.5. The molecule has 0 aliphatic heterocycles. The molecule has 1 unspecified atom stereocenters. The van der Waals surface area contributed by atoms with E-state index in [0.717, 1.165) is 6.08 Å². The van der Waals surface area contributed by atoms with E-state index in [-0.39, 0.29) is 5.57 Å². The molecule has 16 heavy (non-hydrogen) atoms. The van der Waals surface area contributed by atoms with Gasteiger partial charge in [-0.1, -0.05) is 6.08 Å². The van der Waals surface area contributed by atoms with Crippen LogP contribution in [0.5, 0.6) is 0 Å². The van der Waals surface area contributed by atoms with E-state index in [2.05, 4.69) is 0 Å². The molecule has 1 aliphatic rings. The highest BCUT2D eigenvalue weighted by atomic mass is 19.4. The first kappa shape index (κ1) is 12.8. The second-order valence-electron chi connectivity index (χ2n) is 3.67. The Hall–Kier alpha value is -1.30. The maximum Gasteiger partial charge on any atom is 0.395 e. The van der Waals surface area contributed by atoms with Gasteiger partial charge in [-0.15, -0.1) is 0 Å². The van der Waals surface area contributed by atoms with E-state index in [1.54, 1.807) is 0 Å². The van der Waals surface area contributed by atoms with Crippen LogP contribution in [0.1, 0.15) is 13.3 Å². The van der Waals surface area contributed by atoms with Gasteiger partial charge in [-0.05, 0) is 25.0 Å². The van der Waals surface area contributed by atoms with Crippen LogP contribution in [0.15, 0.2) is 23.3 Å². The second-order valence-corrected chi connectivity index (χ2v) is 3.67. The van der Waals surface area contributed by atoms with Gasteiger partial charge in [0.1, 0.15) is 0 Å². The molecule has 0 radical (unpaired) electrons. The van der Waals surface area contributed by atoms with Crippen molar-refractivity contribution in [3.05, 3.63) is 23.3 Å². The molecule has 6 heteroatoms. The van der Waals surface area contributed by atoms with E-state index in [1.807, 2.05) is 0 Å². The Morgan fingerprint density at radius 3 is 2.50 bits per heavy atom. The lowest BCUT2D eigenvalue weighted by atomic mass is 9.87. The number of aliphatic carboxylic acids is 1. The molecule has 0 aromatic rings. The van der Waals surface area contributed by atoms with Crippen molar-refractivity contribution in [3.8, 4) is 0 Å². The van der Waals surface area contributed by atoms with Gasteiger partial charge in [0, 0.05) is 0 Å². The third-order valence-electron chi connectivity index (χ3n) is 2.38. The van der Waals surface area contributed by atoms with Crippen LogP contribution in [-0.2, 0) is 4.79 Å². The number of halogens is 3. The molecule has 2 atom stereocenters. The number of carboxylic acids is 1. The molecule has 0 spiro atoms. The number of hydrogen-bond acceptors (Lipinski definition) is 2. The smallest absolute Gasteiger partial charge is 0.395 e. The van der Waals surface area contributed by atoms with Crippen LogP contribution in [-0.4, -0.2) is 28.5 Å². The summed E-state index contributed by atoms with van der Waals surface area (Å²) >= 11 is 0. The summed E-state index contributed by atoms with van der Waals surface area (Å²) in [4.78, 5) is 10.6. The molecule has 1 rings (SSSR count). The maximum absolute atomic E-state index is 12.5. The summed E-state index contributed by atoms with van der Waals surface area (Å²) in [6, 6.07) is 0. The van der Waals surface area contributed by atoms with E-state index in [1.165, 1.54) is 6.92 Å². The minimum Gasteiger partial charge on any atom is -0.478 e. The number of carbonyl (C=O) groups is 1. The molecule has 0 fully saturated rings. The summed E-state index contributed by atoms with van der Waals surface area (Å²) in [5.41, 5.74) is -0.341. The van der Waals surface area contributed by atoms with Gasteiger partial charge in [-0.25, -0.2) is 4.79 Å². The van der Waals surface area contributed by atoms with E-state index < -0.39 is 36.2 Å². The molecule has 0 saturated carbocycles. The van der Waals surface area contributed by atoms with Gasteiger partial charge >= 0.3 is 12.1 Å². The molecule has 90 valence electrons. The zero-order chi connectivity index (χ0) is 12.5. The van der Waals surface area contributed by atoms with Crippen LogP contribution < -0.4 is 0 Å². The van der Waals surface area contributed by atoms with E-state index >= 15 is 0 Å². The monoisotopic (exact) mass is 236 g/mol. The van der Waals surface area contributed by atoms with Gasteiger partial charge in [0.05, 0.1) is 17.6 Å².